The van der Waals surface area contributed by atoms with Crippen molar-refractivity contribution in [3.05, 3.63) is 136 Å². The Hall–Kier alpha value is -3.50. The van der Waals surface area contributed by atoms with Gasteiger partial charge in [0.1, 0.15) is 0 Å². The molecule has 0 aromatic heterocycles. The summed E-state index contributed by atoms with van der Waals surface area (Å²) >= 11 is 35.8. The van der Waals surface area contributed by atoms with Crippen LogP contribution in [-0.2, 0) is 17.8 Å². The fourth-order valence-corrected chi connectivity index (χ4v) is 6.01. The summed E-state index contributed by atoms with van der Waals surface area (Å²) in [7, 11) is 4.50. The molecule has 0 radical (unpaired) electrons. The van der Waals surface area contributed by atoms with Gasteiger partial charge in [0, 0.05) is 48.4 Å². The van der Waals surface area contributed by atoms with E-state index in [1.165, 1.54) is 41.2 Å². The molecule has 0 aliphatic heterocycles. The van der Waals surface area contributed by atoms with Gasteiger partial charge in [-0.15, -0.1) is 0 Å². The molecule has 1 N–H and O–H groups in total. The van der Waals surface area contributed by atoms with Gasteiger partial charge in [0.05, 0.1) is 38.3 Å². The van der Waals surface area contributed by atoms with Crippen LogP contribution in [0, 0.1) is 0 Å². The molecule has 254 valence electrons. The number of esters is 1. The van der Waals surface area contributed by atoms with Crippen LogP contribution < -0.4 is 0 Å². The van der Waals surface area contributed by atoms with Gasteiger partial charge in [-0.1, -0.05) is 101 Å². The average molecular weight is 775 g/mol. The highest BCUT2D eigenvalue weighted by Gasteiger charge is 2.22. The van der Waals surface area contributed by atoms with E-state index in [0.29, 0.717) is 23.1 Å². The number of ether oxygens (including phenoxy) is 1. The highest BCUT2D eigenvalue weighted by molar-refractivity contribution is 6.40. The van der Waals surface area contributed by atoms with Gasteiger partial charge >= 0.3 is 11.9 Å². The molecule has 0 saturated carbocycles. The van der Waals surface area contributed by atoms with Crippen molar-refractivity contribution in [1.29, 1.82) is 0 Å². The summed E-state index contributed by atoms with van der Waals surface area (Å²) in [5, 5.41) is 10.2. The quantitative estimate of drug-likeness (QED) is 0.179. The summed E-state index contributed by atoms with van der Waals surface area (Å²) in [6.45, 7) is 0.711. The lowest BCUT2D eigenvalue weighted by Gasteiger charge is -2.18. The fraction of sp³-hybridized carbons (Fsp3) is 0.176. The van der Waals surface area contributed by atoms with E-state index in [4.69, 9.17) is 74.7 Å². The minimum absolute atomic E-state index is 0. The zero-order valence-corrected chi connectivity index (χ0v) is 29.5. The summed E-state index contributed by atoms with van der Waals surface area (Å²) in [6.07, 6.45) is 0. The fourth-order valence-electron chi connectivity index (χ4n) is 4.30. The molecule has 0 unspecified atom stereocenters. The minimum Gasteiger partial charge on any atom is -0.478 e. The number of nitrogens with zero attached hydrogens (tertiary/aromatic N) is 2. The zero-order valence-electron chi connectivity index (χ0n) is 25.0. The molecule has 4 rings (SSSR count). The summed E-state index contributed by atoms with van der Waals surface area (Å²) in [5.74, 6) is -2.51. The topological polar surface area (TPSA) is 104 Å². The molecule has 0 atom stereocenters. The van der Waals surface area contributed by atoms with E-state index in [1.807, 2.05) is 18.2 Å². The normalized spacial score (nSPS) is 10.2. The van der Waals surface area contributed by atoms with Gasteiger partial charge in [-0.05, 0) is 59.7 Å². The Balaban J connectivity index is 0.000000327. The molecule has 0 heterocycles. The van der Waals surface area contributed by atoms with Gasteiger partial charge in [0.15, 0.2) is 0 Å². The van der Waals surface area contributed by atoms with Crippen molar-refractivity contribution >= 4 is 93.4 Å². The molecule has 0 bridgehead atoms. The van der Waals surface area contributed by atoms with Gasteiger partial charge in [-0.3, -0.25) is 9.59 Å². The van der Waals surface area contributed by atoms with E-state index in [0.717, 1.165) is 11.1 Å². The first-order chi connectivity index (χ1) is 22.1. The molecule has 0 saturated heterocycles. The van der Waals surface area contributed by atoms with Crippen molar-refractivity contribution in [2.45, 2.75) is 20.5 Å². The summed E-state index contributed by atoms with van der Waals surface area (Å²) in [4.78, 5) is 50.7. The Morgan fingerprint density at radius 1 is 0.625 bits per heavy atom. The van der Waals surface area contributed by atoms with Gasteiger partial charge < -0.3 is 19.6 Å². The molecule has 0 aliphatic rings. The Morgan fingerprint density at radius 3 is 1.29 bits per heavy atom. The van der Waals surface area contributed by atoms with Crippen molar-refractivity contribution < 1.29 is 29.0 Å². The molecule has 4 aromatic carbocycles. The zero-order chi connectivity index (χ0) is 35.0. The SMILES string of the molecule is C.CN(Cc1cccc(Cl)c1)C(=O)c1cc(Cl)c(C(=O)O)c(Cl)c1.COC(=O)c1c(Cl)cc(C(=O)N(C)Cc2cccc(Cl)c2)cc1Cl. The standard InChI is InChI=1S/C17H14Cl3NO3.C16H12Cl3NO3.CH4/c1-21(9-10-4-3-5-12(18)6-10)16(22)11-7-13(19)15(14(20)8-11)17(23)24-2;1-20(8-9-3-2-4-11(17)5-9)15(21)10-6-12(18)14(16(22)23)13(19)7-10;/h3-8H,9H2,1-2H3;2-7H,8H2,1H3,(H,22,23);1H4. The predicted octanol–water partition coefficient (Wildman–Crippen LogP) is 9.96. The van der Waals surface area contributed by atoms with E-state index >= 15 is 0 Å². The van der Waals surface area contributed by atoms with E-state index in [-0.39, 0.29) is 61.6 Å². The first kappa shape index (κ1) is 40.7. The van der Waals surface area contributed by atoms with Crippen LogP contribution in [0.1, 0.15) is 60.0 Å². The predicted molar refractivity (Wildman–Crippen MR) is 192 cm³/mol. The Kier molecular flexibility index (Phi) is 15.5. The maximum atomic E-state index is 12.5. The molecule has 2 amide bonds. The molecular weight excluding hydrogens is 745 g/mol. The lowest BCUT2D eigenvalue weighted by Crippen LogP contribution is -2.26. The highest BCUT2D eigenvalue weighted by Crippen LogP contribution is 2.29. The maximum Gasteiger partial charge on any atom is 0.340 e. The van der Waals surface area contributed by atoms with Crippen LogP contribution in [0.5, 0.6) is 0 Å². The molecule has 48 heavy (non-hydrogen) atoms. The lowest BCUT2D eigenvalue weighted by atomic mass is 10.1. The third-order valence-electron chi connectivity index (χ3n) is 6.49. The number of carboxylic acid groups (broad SMARTS) is 1. The van der Waals surface area contributed by atoms with Gasteiger partial charge in [0.2, 0.25) is 0 Å². The van der Waals surface area contributed by atoms with E-state index in [2.05, 4.69) is 4.74 Å². The molecule has 8 nitrogen and oxygen atoms in total. The first-order valence-electron chi connectivity index (χ1n) is 13.4. The molecule has 0 fully saturated rings. The average Bonchev–Trinajstić information content (AvgIpc) is 2.99. The number of rotatable bonds is 8. The van der Waals surface area contributed by atoms with E-state index in [1.54, 1.807) is 44.4 Å². The number of carbonyl (C=O) groups is 4. The van der Waals surface area contributed by atoms with Crippen LogP contribution >= 0.6 is 69.6 Å². The Bertz CT molecular complexity index is 1790. The van der Waals surface area contributed by atoms with Crippen molar-refractivity contribution in [3.63, 3.8) is 0 Å². The number of methoxy groups -OCH3 is 1. The smallest absolute Gasteiger partial charge is 0.340 e. The summed E-state index contributed by atoms with van der Waals surface area (Å²) in [5.41, 5.74) is 2.07. The Labute approximate surface area is 308 Å². The number of benzene rings is 4. The number of halogens is 6. The number of amides is 2. The number of aromatic carboxylic acids is 1. The monoisotopic (exact) mass is 772 g/mol. The minimum atomic E-state index is -1.24. The van der Waals surface area contributed by atoms with Gasteiger partial charge in [-0.2, -0.15) is 0 Å². The second-order valence-electron chi connectivity index (χ2n) is 10.0. The maximum absolute atomic E-state index is 12.5. The van der Waals surface area contributed by atoms with Crippen LogP contribution in [0.25, 0.3) is 0 Å². The van der Waals surface area contributed by atoms with Crippen molar-refractivity contribution in [3.8, 4) is 0 Å². The summed E-state index contributed by atoms with van der Waals surface area (Å²) < 4.78 is 4.62. The van der Waals surface area contributed by atoms with Crippen molar-refractivity contribution in [2.24, 2.45) is 0 Å². The van der Waals surface area contributed by atoms with Crippen molar-refractivity contribution in [2.75, 3.05) is 21.2 Å². The van der Waals surface area contributed by atoms with E-state index < -0.39 is 11.9 Å². The lowest BCUT2D eigenvalue weighted by molar-refractivity contribution is 0.0599. The van der Waals surface area contributed by atoms with Crippen LogP contribution in [0.4, 0.5) is 0 Å². The second-order valence-corrected chi connectivity index (χ2v) is 12.5. The third kappa shape index (κ3) is 10.8. The molecule has 0 aliphatic carbocycles. The van der Waals surface area contributed by atoms with E-state index in [9.17, 15) is 19.2 Å². The number of carbonyl (C=O) groups excluding carboxylic acids is 3. The van der Waals surface area contributed by atoms with Crippen LogP contribution in [0.15, 0.2) is 72.8 Å². The molecule has 0 spiro atoms. The second kappa shape index (κ2) is 18.3. The van der Waals surface area contributed by atoms with Crippen molar-refractivity contribution in [1.82, 2.24) is 9.80 Å². The van der Waals surface area contributed by atoms with Crippen LogP contribution in [0.2, 0.25) is 30.1 Å². The molecule has 14 heteroatoms. The molecular formula is C34H30Cl6N2O6. The van der Waals surface area contributed by atoms with Crippen LogP contribution in [0.3, 0.4) is 0 Å². The Morgan fingerprint density at radius 2 is 0.979 bits per heavy atom. The molecule has 4 aromatic rings. The summed E-state index contributed by atoms with van der Waals surface area (Å²) in [6, 6.07) is 19.8. The van der Waals surface area contributed by atoms with Gasteiger partial charge in [-0.25, -0.2) is 9.59 Å². The largest absolute Gasteiger partial charge is 0.478 e. The number of hydrogen-bond acceptors (Lipinski definition) is 5. The third-order valence-corrected chi connectivity index (χ3v) is 8.16. The van der Waals surface area contributed by atoms with Crippen LogP contribution in [-0.4, -0.2) is 59.9 Å². The van der Waals surface area contributed by atoms with Gasteiger partial charge in [0.25, 0.3) is 11.8 Å². The first-order valence-corrected chi connectivity index (χ1v) is 15.7. The number of carboxylic acids is 1. The number of hydrogen-bond donors (Lipinski definition) is 1. The highest BCUT2D eigenvalue weighted by atomic mass is 35.5.